The van der Waals surface area contributed by atoms with Gasteiger partial charge in [-0.25, -0.2) is 0 Å². The van der Waals surface area contributed by atoms with E-state index in [1.165, 1.54) is 13.2 Å². The summed E-state index contributed by atoms with van der Waals surface area (Å²) in [7, 11) is 0. The Morgan fingerprint density at radius 3 is 1.60 bits per heavy atom. The molecule has 0 heterocycles. The Kier molecular flexibility index (Phi) is 80.1. The van der Waals surface area contributed by atoms with Crippen molar-refractivity contribution in [3.05, 3.63) is 0 Å². The third-order valence-corrected chi connectivity index (χ3v) is 0. The fourth-order valence-electron chi connectivity index (χ4n) is 0. The molecule has 0 atom stereocenters. The minimum Gasteiger partial charge on any atom is -0.542 e. The maximum atomic E-state index is 8.68. The van der Waals surface area contributed by atoms with Crippen molar-refractivity contribution in [3.8, 4) is 0 Å². The topological polar surface area (TPSA) is 48.6 Å². The van der Waals surface area contributed by atoms with Crippen molar-refractivity contribution >= 4 is 6.29 Å². The van der Waals surface area contributed by atoms with Gasteiger partial charge in [0.2, 0.25) is 0 Å². The van der Waals surface area contributed by atoms with Crippen LogP contribution >= 0.6 is 0 Å². The maximum absolute atomic E-state index is 8.68. The van der Waals surface area contributed by atoms with Crippen molar-refractivity contribution < 1.29 is 39.8 Å². The number of hydrogen-bond acceptors (Lipinski definition) is 1. The smallest absolute Gasteiger partial charge is 0.542 e. The molecule has 0 aromatic carbocycles. The summed E-state index contributed by atoms with van der Waals surface area (Å²) in [5, 5.41) is 0. The fraction of sp³-hybridized carbons (Fsp3) is 0.500. The monoisotopic (exact) mass is 84.0 g/mol. The molecule has 0 fully saturated rings. The predicted molar refractivity (Wildman–Crippen MR) is 15.0 cm³/mol. The molecular formula is C2H5NaO2. The molecule has 0 unspecified atom stereocenters. The summed E-state index contributed by atoms with van der Waals surface area (Å²) in [4.78, 5) is 8.68. The van der Waals surface area contributed by atoms with Crippen LogP contribution in [0.3, 0.4) is 0 Å². The molecule has 26 valence electrons. The second-order valence-corrected chi connectivity index (χ2v) is 0.204. The van der Waals surface area contributed by atoms with Crippen LogP contribution in [0.1, 0.15) is 6.92 Å². The number of carbonyl (C=O) groups excluding carboxylic acids is 1. The van der Waals surface area contributed by atoms with E-state index in [2.05, 4.69) is 0 Å². The predicted octanol–water partition coefficient (Wildman–Crippen LogP) is -3.70. The van der Waals surface area contributed by atoms with Gasteiger partial charge in [-0.1, -0.05) is 0 Å². The van der Waals surface area contributed by atoms with Gasteiger partial charge in [0.15, 0.2) is 0 Å². The van der Waals surface area contributed by atoms with Gasteiger partial charge in [0, 0.05) is 0 Å². The molecule has 5 heavy (non-hydrogen) atoms. The van der Waals surface area contributed by atoms with Crippen molar-refractivity contribution in [3.63, 3.8) is 0 Å². The standard InChI is InChI=1S/C2H3O.Na.H2O/c1-2-3;;/h1H3;;1H2/q-1;+1;. The minimum absolute atomic E-state index is 0. The van der Waals surface area contributed by atoms with Crippen LogP contribution in [0.5, 0.6) is 0 Å². The molecule has 0 aromatic heterocycles. The van der Waals surface area contributed by atoms with Gasteiger partial charge < -0.3 is 10.3 Å². The fourth-order valence-corrected chi connectivity index (χ4v) is 0. The first-order valence-corrected chi connectivity index (χ1v) is 0.704. The van der Waals surface area contributed by atoms with Gasteiger partial charge in [0.25, 0.3) is 0 Å². The molecule has 0 aliphatic heterocycles. The van der Waals surface area contributed by atoms with Gasteiger partial charge in [0.1, 0.15) is 0 Å². The van der Waals surface area contributed by atoms with E-state index in [0.29, 0.717) is 0 Å². The molecule has 3 heteroatoms. The van der Waals surface area contributed by atoms with E-state index in [1.807, 2.05) is 0 Å². The largest absolute Gasteiger partial charge is 1.00 e. The van der Waals surface area contributed by atoms with Crippen LogP contribution in [-0.2, 0) is 4.79 Å². The first-order chi connectivity index (χ1) is 1.41. The Hall–Kier alpha value is 0.630. The third kappa shape index (κ3) is 80.7. The van der Waals surface area contributed by atoms with E-state index in [4.69, 9.17) is 4.79 Å². The average Bonchev–Trinajstić information content (AvgIpc) is 0.918. The SMILES string of the molecule is C[C-]=O.O.[Na+]. The van der Waals surface area contributed by atoms with Crippen LogP contribution < -0.4 is 29.6 Å². The van der Waals surface area contributed by atoms with Gasteiger partial charge in [-0.05, 0) is 0 Å². The Balaban J connectivity index is -0.0000000200. The Morgan fingerprint density at radius 1 is 1.60 bits per heavy atom. The van der Waals surface area contributed by atoms with E-state index in [0.717, 1.165) is 0 Å². The molecule has 0 amide bonds. The van der Waals surface area contributed by atoms with Crippen molar-refractivity contribution in [2.24, 2.45) is 0 Å². The zero-order valence-electron chi connectivity index (χ0n) is 3.41. The van der Waals surface area contributed by atoms with Crippen LogP contribution in [0, 0.1) is 0 Å². The van der Waals surface area contributed by atoms with Gasteiger partial charge in [-0.15, -0.1) is 0 Å². The molecule has 0 spiro atoms. The quantitative estimate of drug-likeness (QED) is 0.220. The Bertz CT molecular complexity index is 15.1. The van der Waals surface area contributed by atoms with Crippen LogP contribution in [0.4, 0.5) is 0 Å². The van der Waals surface area contributed by atoms with Gasteiger partial charge in [-0.3, -0.25) is 6.29 Å². The van der Waals surface area contributed by atoms with Crippen LogP contribution in [0.15, 0.2) is 0 Å². The summed E-state index contributed by atoms with van der Waals surface area (Å²) in [5.74, 6) is 0. The molecule has 0 radical (unpaired) electrons. The Labute approximate surface area is 53.2 Å². The molecule has 0 rings (SSSR count). The first kappa shape index (κ1) is 17.4. The van der Waals surface area contributed by atoms with E-state index >= 15 is 0 Å². The molecule has 2 N–H and O–H groups in total. The molecule has 0 saturated carbocycles. The normalized spacial score (nSPS) is 2.60. The first-order valence-electron chi connectivity index (χ1n) is 0.704. The summed E-state index contributed by atoms with van der Waals surface area (Å²) in [6.45, 7) is 1.32. The summed E-state index contributed by atoms with van der Waals surface area (Å²) >= 11 is 0. The van der Waals surface area contributed by atoms with Crippen molar-refractivity contribution in [1.82, 2.24) is 0 Å². The van der Waals surface area contributed by atoms with Crippen molar-refractivity contribution in [2.75, 3.05) is 0 Å². The zero-order chi connectivity index (χ0) is 2.71. The second kappa shape index (κ2) is 23.0. The molecule has 0 aromatic rings. The average molecular weight is 84.0 g/mol. The van der Waals surface area contributed by atoms with Crippen LogP contribution in [0.2, 0.25) is 0 Å². The van der Waals surface area contributed by atoms with Gasteiger partial charge >= 0.3 is 29.6 Å². The van der Waals surface area contributed by atoms with Crippen LogP contribution in [0.25, 0.3) is 0 Å². The Morgan fingerprint density at radius 2 is 1.60 bits per heavy atom. The second-order valence-electron chi connectivity index (χ2n) is 0.204. The number of hydrogen-bond donors (Lipinski definition) is 0. The number of rotatable bonds is 0. The maximum Gasteiger partial charge on any atom is 1.00 e. The zero-order valence-corrected chi connectivity index (χ0v) is 5.41. The molecular weight excluding hydrogens is 79.0 g/mol. The van der Waals surface area contributed by atoms with Gasteiger partial charge in [0.05, 0.1) is 0 Å². The summed E-state index contributed by atoms with van der Waals surface area (Å²) in [6, 6.07) is 0. The third-order valence-electron chi connectivity index (χ3n) is 0. The van der Waals surface area contributed by atoms with Crippen molar-refractivity contribution in [1.29, 1.82) is 0 Å². The minimum atomic E-state index is 0. The molecule has 0 aliphatic carbocycles. The van der Waals surface area contributed by atoms with E-state index in [1.54, 1.807) is 0 Å². The summed E-state index contributed by atoms with van der Waals surface area (Å²) in [5.41, 5.74) is 0. The van der Waals surface area contributed by atoms with Gasteiger partial charge in [-0.2, -0.15) is 6.92 Å². The van der Waals surface area contributed by atoms with Crippen LogP contribution in [-0.4, -0.2) is 11.8 Å². The molecule has 2 nitrogen and oxygen atoms in total. The van der Waals surface area contributed by atoms with E-state index in [9.17, 15) is 0 Å². The van der Waals surface area contributed by atoms with Crippen molar-refractivity contribution in [2.45, 2.75) is 6.92 Å². The molecule has 0 bridgehead atoms. The molecule has 0 aliphatic rings. The summed E-state index contributed by atoms with van der Waals surface area (Å²) in [6.07, 6.45) is 1.50. The molecule has 0 saturated heterocycles. The summed E-state index contributed by atoms with van der Waals surface area (Å²) < 4.78 is 0. The van der Waals surface area contributed by atoms with E-state index in [-0.39, 0.29) is 35.0 Å². The van der Waals surface area contributed by atoms with E-state index < -0.39 is 0 Å².